The van der Waals surface area contributed by atoms with Crippen LogP contribution in [0.5, 0.6) is 5.75 Å². The van der Waals surface area contributed by atoms with E-state index in [2.05, 4.69) is 24.1 Å². The van der Waals surface area contributed by atoms with Gasteiger partial charge < -0.3 is 20.7 Å². The number of hydrogen-bond acceptors (Lipinski definition) is 4. The van der Waals surface area contributed by atoms with E-state index in [1.807, 2.05) is 0 Å². The highest BCUT2D eigenvalue weighted by molar-refractivity contribution is 5.92. The number of benzene rings is 1. The second-order valence-corrected chi connectivity index (χ2v) is 4.69. The van der Waals surface area contributed by atoms with E-state index >= 15 is 0 Å². The van der Waals surface area contributed by atoms with Gasteiger partial charge in [-0.3, -0.25) is 4.79 Å². The van der Waals surface area contributed by atoms with E-state index in [-0.39, 0.29) is 5.91 Å². The van der Waals surface area contributed by atoms with Crippen LogP contribution < -0.4 is 15.8 Å². The lowest BCUT2D eigenvalue weighted by Crippen LogP contribution is -2.28. The molecule has 0 aliphatic rings. The second-order valence-electron chi connectivity index (χ2n) is 4.69. The minimum atomic E-state index is -0.0115. The molecular weight excluding hydrogens is 254 g/mol. The number of carbonyl (C=O) groups excluding carboxylic acids is 1. The summed E-state index contributed by atoms with van der Waals surface area (Å²) in [6.45, 7) is 7.01. The molecule has 20 heavy (non-hydrogen) atoms. The molecule has 0 aromatic heterocycles. The molecule has 0 saturated carbocycles. The average Bonchev–Trinajstić information content (AvgIpc) is 2.45. The van der Waals surface area contributed by atoms with Crippen molar-refractivity contribution in [1.82, 2.24) is 4.90 Å². The van der Waals surface area contributed by atoms with E-state index in [1.165, 1.54) is 0 Å². The highest BCUT2D eigenvalue weighted by Crippen LogP contribution is 2.26. The van der Waals surface area contributed by atoms with Gasteiger partial charge >= 0.3 is 0 Å². The van der Waals surface area contributed by atoms with Crippen molar-refractivity contribution in [3.05, 3.63) is 18.2 Å². The predicted octanol–water partition coefficient (Wildman–Crippen LogP) is 2.34. The number of amides is 1. The van der Waals surface area contributed by atoms with E-state index in [9.17, 15) is 4.79 Å². The summed E-state index contributed by atoms with van der Waals surface area (Å²) in [6, 6.07) is 5.20. The zero-order chi connectivity index (χ0) is 15.0. The third kappa shape index (κ3) is 5.09. The van der Waals surface area contributed by atoms with Crippen molar-refractivity contribution in [2.45, 2.75) is 26.7 Å². The Labute approximate surface area is 121 Å². The monoisotopic (exact) mass is 279 g/mol. The first kappa shape index (κ1) is 16.3. The molecule has 1 rings (SSSR count). The van der Waals surface area contributed by atoms with Crippen molar-refractivity contribution in [1.29, 1.82) is 0 Å². The molecule has 0 unspecified atom stereocenters. The molecule has 0 bridgehead atoms. The Hall–Kier alpha value is -1.75. The number of rotatable bonds is 8. The van der Waals surface area contributed by atoms with Gasteiger partial charge in [0.05, 0.1) is 12.8 Å². The number of nitrogen functional groups attached to an aromatic ring is 1. The van der Waals surface area contributed by atoms with Gasteiger partial charge in [0.15, 0.2) is 0 Å². The number of hydrogen-bond donors (Lipinski definition) is 2. The maximum Gasteiger partial charge on any atom is 0.225 e. The number of nitrogens with two attached hydrogens (primary N) is 1. The Kier molecular flexibility index (Phi) is 6.87. The molecule has 5 heteroatoms. The topological polar surface area (TPSA) is 67.6 Å². The third-order valence-corrected chi connectivity index (χ3v) is 3.14. The Morgan fingerprint density at radius 1 is 1.35 bits per heavy atom. The minimum Gasteiger partial charge on any atom is -0.494 e. The van der Waals surface area contributed by atoms with Gasteiger partial charge in [0, 0.05) is 24.7 Å². The van der Waals surface area contributed by atoms with Crippen LogP contribution in [0.3, 0.4) is 0 Å². The van der Waals surface area contributed by atoms with Gasteiger partial charge in [-0.1, -0.05) is 13.8 Å². The number of nitrogens with zero attached hydrogens (tertiary/aromatic N) is 1. The van der Waals surface area contributed by atoms with Gasteiger partial charge in [0.2, 0.25) is 5.91 Å². The van der Waals surface area contributed by atoms with Crippen LogP contribution in [0.15, 0.2) is 18.2 Å². The van der Waals surface area contributed by atoms with Crippen LogP contribution in [0.4, 0.5) is 11.4 Å². The quantitative estimate of drug-likeness (QED) is 0.717. The predicted molar refractivity (Wildman–Crippen MR) is 83.1 cm³/mol. The van der Waals surface area contributed by atoms with Crippen molar-refractivity contribution >= 4 is 17.3 Å². The van der Waals surface area contributed by atoms with Gasteiger partial charge in [-0.2, -0.15) is 0 Å². The number of nitrogens with one attached hydrogen (secondary N) is 1. The van der Waals surface area contributed by atoms with Crippen molar-refractivity contribution in [2.75, 3.05) is 37.8 Å². The summed E-state index contributed by atoms with van der Waals surface area (Å²) in [5.74, 6) is 0.571. The summed E-state index contributed by atoms with van der Waals surface area (Å²) in [7, 11) is 1.56. The fourth-order valence-corrected chi connectivity index (χ4v) is 2.03. The maximum atomic E-state index is 12.0. The van der Waals surface area contributed by atoms with Crippen molar-refractivity contribution < 1.29 is 9.53 Å². The summed E-state index contributed by atoms with van der Waals surface area (Å²) in [4.78, 5) is 14.2. The summed E-state index contributed by atoms with van der Waals surface area (Å²) >= 11 is 0. The number of ether oxygens (including phenoxy) is 1. The van der Waals surface area contributed by atoms with Gasteiger partial charge in [-0.25, -0.2) is 0 Å². The van der Waals surface area contributed by atoms with E-state index in [0.29, 0.717) is 23.5 Å². The Morgan fingerprint density at radius 3 is 2.70 bits per heavy atom. The SMILES string of the molecule is CCCN(CC)CCC(=O)Nc1ccc(N)cc1OC. The first-order valence-corrected chi connectivity index (χ1v) is 7.06. The number of methoxy groups -OCH3 is 1. The molecule has 0 atom stereocenters. The molecule has 112 valence electrons. The zero-order valence-electron chi connectivity index (χ0n) is 12.6. The van der Waals surface area contributed by atoms with Crippen LogP contribution >= 0.6 is 0 Å². The van der Waals surface area contributed by atoms with E-state index in [1.54, 1.807) is 25.3 Å². The standard InChI is InChI=1S/C15H25N3O2/c1-4-9-18(5-2)10-8-15(19)17-13-7-6-12(16)11-14(13)20-3/h6-7,11H,4-5,8-10,16H2,1-3H3,(H,17,19). The molecule has 0 aliphatic carbocycles. The van der Waals surface area contributed by atoms with Crippen LogP contribution in [-0.2, 0) is 4.79 Å². The summed E-state index contributed by atoms with van der Waals surface area (Å²) in [5.41, 5.74) is 6.95. The smallest absolute Gasteiger partial charge is 0.225 e. The van der Waals surface area contributed by atoms with Gasteiger partial charge in [0.25, 0.3) is 0 Å². The largest absolute Gasteiger partial charge is 0.494 e. The van der Waals surface area contributed by atoms with Gasteiger partial charge in [-0.05, 0) is 31.6 Å². The Bertz CT molecular complexity index is 435. The minimum absolute atomic E-state index is 0.0115. The van der Waals surface area contributed by atoms with Crippen LogP contribution in [0, 0.1) is 0 Å². The van der Waals surface area contributed by atoms with E-state index in [0.717, 1.165) is 26.1 Å². The molecule has 0 aliphatic heterocycles. The van der Waals surface area contributed by atoms with Crippen LogP contribution in [0.25, 0.3) is 0 Å². The van der Waals surface area contributed by atoms with E-state index < -0.39 is 0 Å². The zero-order valence-corrected chi connectivity index (χ0v) is 12.6. The average molecular weight is 279 g/mol. The van der Waals surface area contributed by atoms with Crippen LogP contribution in [-0.4, -0.2) is 37.6 Å². The van der Waals surface area contributed by atoms with E-state index in [4.69, 9.17) is 10.5 Å². The third-order valence-electron chi connectivity index (χ3n) is 3.14. The lowest BCUT2D eigenvalue weighted by atomic mass is 10.2. The molecule has 0 heterocycles. The maximum absolute atomic E-state index is 12.0. The molecule has 3 N–H and O–H groups in total. The molecule has 0 saturated heterocycles. The second kappa shape index (κ2) is 8.43. The lowest BCUT2D eigenvalue weighted by molar-refractivity contribution is -0.116. The molecule has 1 amide bonds. The fourth-order valence-electron chi connectivity index (χ4n) is 2.03. The lowest BCUT2D eigenvalue weighted by Gasteiger charge is -2.19. The van der Waals surface area contributed by atoms with Crippen molar-refractivity contribution in [3.63, 3.8) is 0 Å². The molecule has 0 radical (unpaired) electrons. The highest BCUT2D eigenvalue weighted by Gasteiger charge is 2.09. The molecule has 1 aromatic rings. The molecule has 0 spiro atoms. The summed E-state index contributed by atoms with van der Waals surface area (Å²) in [5, 5.41) is 2.86. The first-order valence-electron chi connectivity index (χ1n) is 7.06. The molecular formula is C15H25N3O2. The highest BCUT2D eigenvalue weighted by atomic mass is 16.5. The molecule has 5 nitrogen and oxygen atoms in total. The summed E-state index contributed by atoms with van der Waals surface area (Å²) in [6.07, 6.45) is 1.57. The molecule has 0 fully saturated rings. The number of carbonyl (C=O) groups is 1. The first-order chi connectivity index (χ1) is 9.60. The summed E-state index contributed by atoms with van der Waals surface area (Å²) < 4.78 is 5.21. The van der Waals surface area contributed by atoms with Crippen LogP contribution in [0.1, 0.15) is 26.7 Å². The van der Waals surface area contributed by atoms with Crippen molar-refractivity contribution in [3.8, 4) is 5.75 Å². The Morgan fingerprint density at radius 2 is 2.10 bits per heavy atom. The van der Waals surface area contributed by atoms with Crippen molar-refractivity contribution in [2.24, 2.45) is 0 Å². The van der Waals surface area contributed by atoms with Gasteiger partial charge in [-0.15, -0.1) is 0 Å². The number of anilines is 2. The fraction of sp³-hybridized carbons (Fsp3) is 0.533. The molecule has 1 aromatic carbocycles. The van der Waals surface area contributed by atoms with Gasteiger partial charge in [0.1, 0.15) is 5.75 Å². The normalized spacial score (nSPS) is 10.6. The Balaban J connectivity index is 2.54. The van der Waals surface area contributed by atoms with Crippen LogP contribution in [0.2, 0.25) is 0 Å².